The highest BCUT2D eigenvalue weighted by molar-refractivity contribution is 6.31. The Balaban J connectivity index is 2.35. The van der Waals surface area contributed by atoms with Crippen molar-refractivity contribution in [1.29, 1.82) is 5.41 Å². The molecule has 2 rings (SSSR count). The number of amidine groups is 1. The number of benzene rings is 1. The van der Waals surface area contributed by atoms with E-state index in [1.807, 2.05) is 0 Å². The molecule has 14 heavy (non-hydrogen) atoms. The molecule has 0 aromatic heterocycles. The molecular weight excluding hydrogens is 203 g/mol. The van der Waals surface area contributed by atoms with Crippen molar-refractivity contribution in [3.8, 4) is 0 Å². The predicted octanol–water partition coefficient (Wildman–Crippen LogP) is 3.06. The van der Waals surface area contributed by atoms with Crippen LogP contribution in [0.3, 0.4) is 0 Å². The SMILES string of the molecule is N=C1CCCN1c1cc(F)cc(Cl)c1. The summed E-state index contributed by atoms with van der Waals surface area (Å²) in [4.78, 5) is 1.79. The first-order valence-corrected chi connectivity index (χ1v) is 4.85. The maximum atomic E-state index is 13.0. The molecule has 1 fully saturated rings. The van der Waals surface area contributed by atoms with Crippen LogP contribution < -0.4 is 4.90 Å². The first kappa shape index (κ1) is 9.46. The predicted molar refractivity (Wildman–Crippen MR) is 55.7 cm³/mol. The highest BCUT2D eigenvalue weighted by atomic mass is 35.5. The molecule has 1 aliphatic rings. The van der Waals surface area contributed by atoms with Crippen molar-refractivity contribution in [3.05, 3.63) is 29.0 Å². The van der Waals surface area contributed by atoms with E-state index in [1.165, 1.54) is 12.1 Å². The summed E-state index contributed by atoms with van der Waals surface area (Å²) in [6.45, 7) is 0.776. The van der Waals surface area contributed by atoms with E-state index >= 15 is 0 Å². The van der Waals surface area contributed by atoms with Gasteiger partial charge in [-0.15, -0.1) is 0 Å². The van der Waals surface area contributed by atoms with Gasteiger partial charge in [0.25, 0.3) is 0 Å². The molecule has 1 N–H and O–H groups in total. The molecule has 1 saturated heterocycles. The first-order valence-electron chi connectivity index (χ1n) is 4.48. The Hall–Kier alpha value is -1.09. The van der Waals surface area contributed by atoms with Crippen LogP contribution in [0.15, 0.2) is 18.2 Å². The van der Waals surface area contributed by atoms with Gasteiger partial charge in [-0.25, -0.2) is 4.39 Å². The number of rotatable bonds is 1. The highest BCUT2D eigenvalue weighted by Gasteiger charge is 2.19. The highest BCUT2D eigenvalue weighted by Crippen LogP contribution is 2.25. The zero-order chi connectivity index (χ0) is 10.1. The number of anilines is 1. The lowest BCUT2D eigenvalue weighted by Gasteiger charge is -2.17. The summed E-state index contributed by atoms with van der Waals surface area (Å²) < 4.78 is 13.0. The van der Waals surface area contributed by atoms with E-state index in [9.17, 15) is 4.39 Å². The summed E-state index contributed by atoms with van der Waals surface area (Å²) in [5, 5.41) is 8.02. The van der Waals surface area contributed by atoms with Crippen molar-refractivity contribution in [2.45, 2.75) is 12.8 Å². The van der Waals surface area contributed by atoms with Gasteiger partial charge in [0.05, 0.1) is 0 Å². The van der Waals surface area contributed by atoms with Gasteiger partial charge in [0, 0.05) is 23.7 Å². The van der Waals surface area contributed by atoms with Crippen molar-refractivity contribution in [3.63, 3.8) is 0 Å². The summed E-state index contributed by atoms with van der Waals surface area (Å²) in [6, 6.07) is 4.36. The van der Waals surface area contributed by atoms with Crippen molar-refractivity contribution in [2.24, 2.45) is 0 Å². The smallest absolute Gasteiger partial charge is 0.126 e. The van der Waals surface area contributed by atoms with Crippen LogP contribution in [0.5, 0.6) is 0 Å². The second-order valence-electron chi connectivity index (χ2n) is 3.33. The molecule has 1 heterocycles. The van der Waals surface area contributed by atoms with E-state index < -0.39 is 0 Å². The summed E-state index contributed by atoms with van der Waals surface area (Å²) in [5.74, 6) is 0.180. The number of halogens is 2. The van der Waals surface area contributed by atoms with E-state index in [0.717, 1.165) is 19.4 Å². The summed E-state index contributed by atoms with van der Waals surface area (Å²) in [5.41, 5.74) is 0.678. The van der Waals surface area contributed by atoms with Crippen LogP contribution in [-0.2, 0) is 0 Å². The molecule has 0 aliphatic carbocycles. The largest absolute Gasteiger partial charge is 0.330 e. The Bertz CT molecular complexity index is 358. The minimum absolute atomic E-state index is 0.354. The molecule has 4 heteroatoms. The third-order valence-corrected chi connectivity index (χ3v) is 2.50. The lowest BCUT2D eigenvalue weighted by molar-refractivity contribution is 0.628. The Morgan fingerprint density at radius 1 is 1.36 bits per heavy atom. The summed E-state index contributed by atoms with van der Waals surface area (Å²) >= 11 is 5.74. The van der Waals surface area contributed by atoms with Gasteiger partial charge in [0.15, 0.2) is 0 Å². The van der Waals surface area contributed by atoms with Crippen molar-refractivity contribution in [2.75, 3.05) is 11.4 Å². The van der Waals surface area contributed by atoms with Crippen LogP contribution in [0.2, 0.25) is 5.02 Å². The van der Waals surface area contributed by atoms with E-state index in [4.69, 9.17) is 17.0 Å². The molecular formula is C10H10ClFN2. The standard InChI is InChI=1S/C10H10ClFN2/c11-7-4-8(12)6-9(5-7)14-3-1-2-10(14)13/h4-6,13H,1-3H2. The fraction of sp³-hybridized carbons (Fsp3) is 0.300. The van der Waals surface area contributed by atoms with Crippen LogP contribution in [-0.4, -0.2) is 12.4 Å². The Morgan fingerprint density at radius 2 is 2.14 bits per heavy atom. The van der Waals surface area contributed by atoms with E-state index in [2.05, 4.69) is 0 Å². The van der Waals surface area contributed by atoms with Gasteiger partial charge < -0.3 is 4.90 Å². The molecule has 0 atom stereocenters. The third-order valence-electron chi connectivity index (χ3n) is 2.28. The van der Waals surface area contributed by atoms with Gasteiger partial charge in [-0.1, -0.05) is 11.6 Å². The maximum Gasteiger partial charge on any atom is 0.126 e. The van der Waals surface area contributed by atoms with Gasteiger partial charge in [0.1, 0.15) is 11.7 Å². The molecule has 1 aliphatic heterocycles. The normalized spacial score (nSPS) is 16.4. The molecule has 2 nitrogen and oxygen atoms in total. The second kappa shape index (κ2) is 3.58. The van der Waals surface area contributed by atoms with Crippen molar-refractivity contribution in [1.82, 2.24) is 0 Å². The fourth-order valence-electron chi connectivity index (χ4n) is 1.65. The number of nitrogens with zero attached hydrogens (tertiary/aromatic N) is 1. The lowest BCUT2D eigenvalue weighted by Crippen LogP contribution is -2.23. The van der Waals surface area contributed by atoms with Gasteiger partial charge in [-0.05, 0) is 24.6 Å². The van der Waals surface area contributed by atoms with Crippen LogP contribution in [0, 0.1) is 11.2 Å². The van der Waals surface area contributed by atoms with Crippen LogP contribution >= 0.6 is 11.6 Å². The van der Waals surface area contributed by atoms with Crippen molar-refractivity contribution < 1.29 is 4.39 Å². The van der Waals surface area contributed by atoms with E-state index in [1.54, 1.807) is 11.0 Å². The third kappa shape index (κ3) is 1.73. The molecule has 1 aromatic carbocycles. The Morgan fingerprint density at radius 3 is 2.71 bits per heavy atom. The minimum Gasteiger partial charge on any atom is -0.330 e. The number of hydrogen-bond donors (Lipinski definition) is 1. The molecule has 1 aromatic rings. The first-order chi connectivity index (χ1) is 6.66. The molecule has 0 spiro atoms. The molecule has 0 bridgehead atoms. The van der Waals surface area contributed by atoms with E-state index in [-0.39, 0.29) is 5.82 Å². The van der Waals surface area contributed by atoms with Crippen molar-refractivity contribution >= 4 is 23.1 Å². The number of hydrogen-bond acceptors (Lipinski definition) is 1. The Labute approximate surface area is 86.8 Å². The van der Waals surface area contributed by atoms with Crippen LogP contribution in [0.1, 0.15) is 12.8 Å². The second-order valence-corrected chi connectivity index (χ2v) is 3.77. The molecule has 74 valence electrons. The quantitative estimate of drug-likeness (QED) is 0.761. The maximum absolute atomic E-state index is 13.0. The Kier molecular flexibility index (Phi) is 2.42. The zero-order valence-corrected chi connectivity index (χ0v) is 8.31. The zero-order valence-electron chi connectivity index (χ0n) is 7.56. The monoisotopic (exact) mass is 212 g/mol. The van der Waals surface area contributed by atoms with Gasteiger partial charge in [0.2, 0.25) is 0 Å². The molecule has 0 amide bonds. The molecule has 0 radical (unpaired) electrons. The van der Waals surface area contributed by atoms with Gasteiger partial charge in [-0.2, -0.15) is 0 Å². The average molecular weight is 213 g/mol. The fourth-order valence-corrected chi connectivity index (χ4v) is 1.87. The average Bonchev–Trinajstić information content (AvgIpc) is 2.49. The summed E-state index contributed by atoms with van der Waals surface area (Å²) in [6.07, 6.45) is 1.71. The van der Waals surface area contributed by atoms with Gasteiger partial charge >= 0.3 is 0 Å². The minimum atomic E-state index is -0.354. The molecule has 0 unspecified atom stereocenters. The summed E-state index contributed by atoms with van der Waals surface area (Å²) in [7, 11) is 0. The molecule has 0 saturated carbocycles. The van der Waals surface area contributed by atoms with Crippen LogP contribution in [0.25, 0.3) is 0 Å². The van der Waals surface area contributed by atoms with Crippen LogP contribution in [0.4, 0.5) is 10.1 Å². The van der Waals surface area contributed by atoms with E-state index in [0.29, 0.717) is 16.5 Å². The lowest BCUT2D eigenvalue weighted by atomic mass is 10.3. The topological polar surface area (TPSA) is 27.1 Å². The van der Waals surface area contributed by atoms with Gasteiger partial charge in [-0.3, -0.25) is 5.41 Å². The number of nitrogens with one attached hydrogen (secondary N) is 1.